The molecular formula is C21H33NO2. The minimum absolute atomic E-state index is 0.183. The molecule has 3 heteroatoms. The predicted molar refractivity (Wildman–Crippen MR) is 98.9 cm³/mol. The third-order valence-electron chi connectivity index (χ3n) is 5.55. The van der Waals surface area contributed by atoms with Gasteiger partial charge < -0.3 is 10.4 Å². The fraction of sp³-hybridized carbons (Fsp3) is 0.667. The van der Waals surface area contributed by atoms with Gasteiger partial charge in [-0.25, -0.2) is 0 Å². The van der Waals surface area contributed by atoms with E-state index in [2.05, 4.69) is 33.0 Å². The van der Waals surface area contributed by atoms with Crippen molar-refractivity contribution in [2.45, 2.75) is 59.8 Å². The van der Waals surface area contributed by atoms with E-state index in [0.717, 1.165) is 18.4 Å². The van der Waals surface area contributed by atoms with Crippen molar-refractivity contribution in [1.82, 2.24) is 5.32 Å². The molecule has 0 spiro atoms. The summed E-state index contributed by atoms with van der Waals surface area (Å²) in [7, 11) is 0. The molecule has 2 unspecified atom stereocenters. The van der Waals surface area contributed by atoms with E-state index >= 15 is 0 Å². The highest BCUT2D eigenvalue weighted by atomic mass is 16.3. The Morgan fingerprint density at radius 2 is 1.96 bits per heavy atom. The Morgan fingerprint density at radius 1 is 1.29 bits per heavy atom. The van der Waals surface area contributed by atoms with E-state index < -0.39 is 0 Å². The van der Waals surface area contributed by atoms with Gasteiger partial charge in [-0.15, -0.1) is 0 Å². The minimum Gasteiger partial charge on any atom is -0.508 e. The van der Waals surface area contributed by atoms with Gasteiger partial charge in [0.05, 0.1) is 0 Å². The average Bonchev–Trinajstić information content (AvgIpc) is 2.48. The van der Waals surface area contributed by atoms with Crippen LogP contribution in [0.4, 0.5) is 0 Å². The summed E-state index contributed by atoms with van der Waals surface area (Å²) in [6, 6.07) is 7.18. The summed E-state index contributed by atoms with van der Waals surface area (Å²) in [5, 5.41) is 12.4. The van der Waals surface area contributed by atoms with E-state index in [-0.39, 0.29) is 11.7 Å². The minimum atomic E-state index is 0.183. The molecule has 0 saturated heterocycles. The van der Waals surface area contributed by atoms with Crippen molar-refractivity contribution in [2.24, 2.45) is 23.2 Å². The lowest BCUT2D eigenvalue weighted by molar-refractivity contribution is -0.123. The van der Waals surface area contributed by atoms with E-state index in [4.69, 9.17) is 0 Å². The highest BCUT2D eigenvalue weighted by molar-refractivity contribution is 5.76. The third kappa shape index (κ3) is 5.54. The maximum Gasteiger partial charge on any atom is 0.220 e. The third-order valence-corrected chi connectivity index (χ3v) is 5.55. The summed E-state index contributed by atoms with van der Waals surface area (Å²) in [4.78, 5) is 12.4. The van der Waals surface area contributed by atoms with Gasteiger partial charge in [0, 0.05) is 13.0 Å². The number of carbonyl (C=O) groups excluding carboxylic acids is 1. The van der Waals surface area contributed by atoms with Crippen molar-refractivity contribution in [1.29, 1.82) is 0 Å². The maximum absolute atomic E-state index is 12.4. The Labute approximate surface area is 146 Å². The van der Waals surface area contributed by atoms with E-state index in [9.17, 15) is 9.90 Å². The van der Waals surface area contributed by atoms with Gasteiger partial charge in [-0.1, -0.05) is 39.8 Å². The van der Waals surface area contributed by atoms with Crippen LogP contribution in [-0.4, -0.2) is 17.6 Å². The summed E-state index contributed by atoms with van der Waals surface area (Å²) in [5.41, 5.74) is 1.49. The molecular weight excluding hydrogens is 298 g/mol. The van der Waals surface area contributed by atoms with E-state index in [1.54, 1.807) is 12.1 Å². The lowest BCUT2D eigenvalue weighted by Crippen LogP contribution is -2.36. The van der Waals surface area contributed by atoms with Gasteiger partial charge in [0.25, 0.3) is 0 Å². The molecule has 1 aliphatic carbocycles. The second-order valence-corrected chi connectivity index (χ2v) is 8.55. The second kappa shape index (κ2) is 8.04. The lowest BCUT2D eigenvalue weighted by atomic mass is 9.63. The molecule has 2 rings (SSSR count). The molecule has 1 fully saturated rings. The van der Waals surface area contributed by atoms with Gasteiger partial charge >= 0.3 is 0 Å². The van der Waals surface area contributed by atoms with Crippen LogP contribution in [0.2, 0.25) is 0 Å². The number of nitrogens with one attached hydrogen (secondary N) is 1. The number of phenols is 1. The summed E-state index contributed by atoms with van der Waals surface area (Å²) in [5.74, 6) is 2.28. The predicted octanol–water partition coefficient (Wildman–Crippen LogP) is 4.54. The average molecular weight is 332 g/mol. The van der Waals surface area contributed by atoms with Gasteiger partial charge in [0.1, 0.15) is 5.75 Å². The molecule has 1 aromatic carbocycles. The first-order valence-electron chi connectivity index (χ1n) is 9.31. The number of hydrogen-bond donors (Lipinski definition) is 2. The van der Waals surface area contributed by atoms with Crippen LogP contribution in [0.3, 0.4) is 0 Å². The summed E-state index contributed by atoms with van der Waals surface area (Å²) < 4.78 is 0. The molecule has 0 heterocycles. The molecule has 1 aromatic rings. The van der Waals surface area contributed by atoms with Crippen LogP contribution in [0.5, 0.6) is 5.75 Å². The zero-order valence-electron chi connectivity index (χ0n) is 15.6. The van der Waals surface area contributed by atoms with Crippen molar-refractivity contribution in [3.63, 3.8) is 0 Å². The van der Waals surface area contributed by atoms with E-state index in [0.29, 0.717) is 36.1 Å². The van der Waals surface area contributed by atoms with Crippen LogP contribution in [0.15, 0.2) is 24.3 Å². The first-order valence-corrected chi connectivity index (χ1v) is 9.31. The number of phenolic OH excluding ortho intramolecular Hbond substituents is 1. The number of rotatable bonds is 6. The smallest absolute Gasteiger partial charge is 0.220 e. The van der Waals surface area contributed by atoms with Crippen molar-refractivity contribution in [3.8, 4) is 5.75 Å². The molecule has 24 heavy (non-hydrogen) atoms. The number of carbonyl (C=O) groups is 1. The number of hydrogen-bond acceptors (Lipinski definition) is 2. The number of benzene rings is 1. The van der Waals surface area contributed by atoms with Gasteiger partial charge in [0.2, 0.25) is 5.91 Å². The van der Waals surface area contributed by atoms with Crippen molar-refractivity contribution >= 4 is 5.91 Å². The quantitative estimate of drug-likeness (QED) is 0.804. The Kier molecular flexibility index (Phi) is 6.31. The zero-order valence-corrected chi connectivity index (χ0v) is 15.6. The van der Waals surface area contributed by atoms with E-state index in [1.807, 2.05) is 12.1 Å². The fourth-order valence-corrected chi connectivity index (χ4v) is 4.18. The maximum atomic E-state index is 12.4. The van der Waals surface area contributed by atoms with Gasteiger partial charge in [-0.3, -0.25) is 4.79 Å². The lowest BCUT2D eigenvalue weighted by Gasteiger charge is -2.42. The van der Waals surface area contributed by atoms with Gasteiger partial charge in [-0.2, -0.15) is 0 Å². The highest BCUT2D eigenvalue weighted by Gasteiger charge is 2.36. The largest absolute Gasteiger partial charge is 0.508 e. The van der Waals surface area contributed by atoms with Crippen molar-refractivity contribution < 1.29 is 9.90 Å². The molecule has 2 atom stereocenters. The Bertz CT molecular complexity index is 533. The molecule has 0 bridgehead atoms. The van der Waals surface area contributed by atoms with Crippen LogP contribution in [-0.2, 0) is 11.2 Å². The fourth-order valence-electron chi connectivity index (χ4n) is 4.18. The first kappa shape index (κ1) is 18.8. The zero-order chi connectivity index (χ0) is 17.7. The Hall–Kier alpha value is -1.51. The highest BCUT2D eigenvalue weighted by Crippen LogP contribution is 2.45. The van der Waals surface area contributed by atoms with Crippen molar-refractivity contribution in [2.75, 3.05) is 6.54 Å². The van der Waals surface area contributed by atoms with Gasteiger partial charge in [0.15, 0.2) is 0 Å². The van der Waals surface area contributed by atoms with Crippen LogP contribution in [0.1, 0.15) is 58.9 Å². The number of amides is 1. The molecule has 0 aromatic heterocycles. The van der Waals surface area contributed by atoms with E-state index in [1.165, 1.54) is 12.8 Å². The van der Waals surface area contributed by atoms with Crippen LogP contribution >= 0.6 is 0 Å². The topological polar surface area (TPSA) is 49.3 Å². The molecule has 3 nitrogen and oxygen atoms in total. The Balaban J connectivity index is 1.82. The first-order chi connectivity index (χ1) is 11.3. The standard InChI is InChI=1S/C21H33NO2/c1-15(2)19-9-11-21(3,4)14-17(19)13-20(24)22-12-10-16-5-7-18(23)8-6-16/h5-8,15,17,19,23H,9-14H2,1-4H3,(H,22,24). The molecule has 134 valence electrons. The summed E-state index contributed by atoms with van der Waals surface area (Å²) in [6.45, 7) is 9.90. The molecule has 0 aliphatic heterocycles. The molecule has 2 N–H and O–H groups in total. The molecule has 1 aliphatic rings. The monoisotopic (exact) mass is 331 g/mol. The molecule has 1 saturated carbocycles. The van der Waals surface area contributed by atoms with Crippen LogP contribution in [0, 0.1) is 23.2 Å². The molecule has 0 radical (unpaired) electrons. The van der Waals surface area contributed by atoms with Crippen molar-refractivity contribution in [3.05, 3.63) is 29.8 Å². The SMILES string of the molecule is CC(C)C1CCC(C)(C)CC1CC(=O)NCCc1ccc(O)cc1. The number of aromatic hydroxyl groups is 1. The summed E-state index contributed by atoms with van der Waals surface area (Å²) >= 11 is 0. The van der Waals surface area contributed by atoms with Gasteiger partial charge in [-0.05, 0) is 66.5 Å². The van der Waals surface area contributed by atoms with Crippen LogP contribution in [0.25, 0.3) is 0 Å². The Morgan fingerprint density at radius 3 is 2.58 bits per heavy atom. The second-order valence-electron chi connectivity index (χ2n) is 8.55. The van der Waals surface area contributed by atoms with Crippen LogP contribution < -0.4 is 5.32 Å². The molecule has 1 amide bonds. The normalized spacial score (nSPS) is 23.2. The summed E-state index contributed by atoms with van der Waals surface area (Å²) in [6.07, 6.45) is 5.13.